The number of pyridine rings is 1. The minimum Gasteiger partial charge on any atom is -0.495 e. The highest BCUT2D eigenvalue weighted by Gasteiger charge is 2.29. The van der Waals surface area contributed by atoms with Crippen molar-refractivity contribution in [2.75, 3.05) is 7.11 Å². The Hall–Kier alpha value is -3.26. The maximum Gasteiger partial charge on any atom is 0.140 e. The van der Waals surface area contributed by atoms with Crippen LogP contribution < -0.4 is 9.47 Å². The number of ether oxygens (including phenoxy) is 2. The Bertz CT molecular complexity index is 1010. The van der Waals surface area contributed by atoms with Gasteiger partial charge in [-0.15, -0.1) is 0 Å². The average Bonchev–Trinajstić information content (AvgIpc) is 3.02. The van der Waals surface area contributed by atoms with Crippen molar-refractivity contribution < 1.29 is 9.47 Å². The standard InChI is InChI=1S/C19H15N3O2/c1-22-6-5-15-17(22)4-3-16-18(13(8-20)11-24-19(15)16)12-7-14(23-2)10-21-9-12/h3-7,9-11,18H,1-2H3. The Labute approximate surface area is 139 Å². The van der Waals surface area contributed by atoms with E-state index < -0.39 is 0 Å². The van der Waals surface area contributed by atoms with E-state index in [9.17, 15) is 5.26 Å². The molecule has 5 nitrogen and oxygen atoms in total. The number of hydrogen-bond donors (Lipinski definition) is 0. The monoisotopic (exact) mass is 317 g/mol. The summed E-state index contributed by atoms with van der Waals surface area (Å²) >= 11 is 0. The molecule has 1 aliphatic heterocycles. The predicted molar refractivity (Wildman–Crippen MR) is 89.9 cm³/mol. The molecule has 3 aromatic rings. The molecule has 0 aliphatic carbocycles. The van der Waals surface area contributed by atoms with Crippen LogP contribution in [-0.4, -0.2) is 16.7 Å². The van der Waals surface area contributed by atoms with Gasteiger partial charge in [-0.3, -0.25) is 4.98 Å². The highest BCUT2D eigenvalue weighted by atomic mass is 16.5. The zero-order valence-electron chi connectivity index (χ0n) is 13.4. The van der Waals surface area contributed by atoms with Crippen LogP contribution in [0.25, 0.3) is 10.9 Å². The number of nitrogens with zero attached hydrogens (tertiary/aromatic N) is 3. The summed E-state index contributed by atoms with van der Waals surface area (Å²) in [6.45, 7) is 0. The summed E-state index contributed by atoms with van der Waals surface area (Å²) in [7, 11) is 3.60. The molecule has 0 N–H and O–H groups in total. The van der Waals surface area contributed by atoms with Gasteiger partial charge in [-0.1, -0.05) is 6.07 Å². The SMILES string of the molecule is COc1cncc(C2C(C#N)=COc3c2ccc2c3ccn2C)c1. The van der Waals surface area contributed by atoms with Crippen LogP contribution in [0.4, 0.5) is 0 Å². The average molecular weight is 317 g/mol. The first-order chi connectivity index (χ1) is 11.7. The van der Waals surface area contributed by atoms with Crippen molar-refractivity contribution in [1.82, 2.24) is 9.55 Å². The second-order valence-electron chi connectivity index (χ2n) is 5.74. The molecule has 0 amide bonds. The van der Waals surface area contributed by atoms with Crippen molar-refractivity contribution in [3.63, 3.8) is 0 Å². The van der Waals surface area contributed by atoms with Gasteiger partial charge in [-0.2, -0.15) is 5.26 Å². The quantitative estimate of drug-likeness (QED) is 0.725. The molecule has 4 rings (SSSR count). The first kappa shape index (κ1) is 14.3. The van der Waals surface area contributed by atoms with Crippen molar-refractivity contribution in [3.8, 4) is 17.6 Å². The van der Waals surface area contributed by atoms with Gasteiger partial charge in [-0.25, -0.2) is 0 Å². The number of benzene rings is 1. The van der Waals surface area contributed by atoms with E-state index in [4.69, 9.17) is 9.47 Å². The van der Waals surface area contributed by atoms with Gasteiger partial charge >= 0.3 is 0 Å². The predicted octanol–water partition coefficient (Wildman–Crippen LogP) is 3.51. The van der Waals surface area contributed by atoms with E-state index in [2.05, 4.69) is 17.1 Å². The summed E-state index contributed by atoms with van der Waals surface area (Å²) < 4.78 is 13.1. The lowest BCUT2D eigenvalue weighted by atomic mass is 9.84. The third-order valence-electron chi connectivity index (χ3n) is 4.41. The minimum atomic E-state index is -0.217. The highest BCUT2D eigenvalue weighted by Crippen LogP contribution is 2.44. The Morgan fingerprint density at radius 2 is 2.17 bits per heavy atom. The van der Waals surface area contributed by atoms with Gasteiger partial charge in [0.25, 0.3) is 0 Å². The van der Waals surface area contributed by atoms with Gasteiger partial charge in [-0.05, 0) is 23.8 Å². The van der Waals surface area contributed by atoms with Crippen LogP contribution in [0.3, 0.4) is 0 Å². The molecule has 5 heteroatoms. The number of nitriles is 1. The second-order valence-corrected chi connectivity index (χ2v) is 5.74. The normalized spacial score (nSPS) is 16.0. The molecule has 0 saturated heterocycles. The van der Waals surface area contributed by atoms with Gasteiger partial charge < -0.3 is 14.0 Å². The number of aryl methyl sites for hydroxylation is 1. The molecular weight excluding hydrogens is 302 g/mol. The Kier molecular flexibility index (Phi) is 3.24. The fraction of sp³-hybridized carbons (Fsp3) is 0.158. The van der Waals surface area contributed by atoms with Gasteiger partial charge in [0.1, 0.15) is 17.8 Å². The minimum absolute atomic E-state index is 0.217. The number of methoxy groups -OCH3 is 1. The highest BCUT2D eigenvalue weighted by molar-refractivity contribution is 5.89. The van der Waals surface area contributed by atoms with Crippen LogP contribution in [0, 0.1) is 11.3 Å². The maximum atomic E-state index is 9.54. The summed E-state index contributed by atoms with van der Waals surface area (Å²) in [6.07, 6.45) is 6.96. The molecule has 0 radical (unpaired) electrons. The summed E-state index contributed by atoms with van der Waals surface area (Å²) in [5, 5.41) is 10.6. The fourth-order valence-electron chi connectivity index (χ4n) is 3.21. The summed E-state index contributed by atoms with van der Waals surface area (Å²) in [4.78, 5) is 4.23. The van der Waals surface area contributed by atoms with E-state index in [0.717, 1.165) is 27.8 Å². The van der Waals surface area contributed by atoms with E-state index in [1.54, 1.807) is 25.8 Å². The third kappa shape index (κ3) is 2.04. The van der Waals surface area contributed by atoms with Crippen LogP contribution in [0.1, 0.15) is 17.0 Å². The smallest absolute Gasteiger partial charge is 0.140 e. The molecule has 0 fully saturated rings. The van der Waals surface area contributed by atoms with Crippen LogP contribution in [0.2, 0.25) is 0 Å². The number of hydrogen-bond acceptors (Lipinski definition) is 4. The molecule has 1 unspecified atom stereocenters. The largest absolute Gasteiger partial charge is 0.495 e. The molecule has 1 aromatic carbocycles. The molecule has 1 atom stereocenters. The van der Waals surface area contributed by atoms with Crippen LogP contribution >= 0.6 is 0 Å². The van der Waals surface area contributed by atoms with Gasteiger partial charge in [0.2, 0.25) is 0 Å². The van der Waals surface area contributed by atoms with E-state index in [1.165, 1.54) is 0 Å². The van der Waals surface area contributed by atoms with Crippen molar-refractivity contribution in [2.45, 2.75) is 5.92 Å². The number of fused-ring (bicyclic) bond motifs is 3. The van der Waals surface area contributed by atoms with Crippen LogP contribution in [-0.2, 0) is 7.05 Å². The molecule has 0 saturated carbocycles. The molecular formula is C19H15N3O2. The summed E-state index contributed by atoms with van der Waals surface area (Å²) in [5.74, 6) is 1.24. The second kappa shape index (κ2) is 5.43. The van der Waals surface area contributed by atoms with Gasteiger partial charge in [0, 0.05) is 30.4 Å². The number of allylic oxidation sites excluding steroid dienone is 1. The number of aromatic nitrogens is 2. The molecule has 3 heterocycles. The molecule has 1 aliphatic rings. The van der Waals surface area contributed by atoms with Gasteiger partial charge in [0.15, 0.2) is 0 Å². The third-order valence-corrected chi connectivity index (χ3v) is 4.41. The Morgan fingerprint density at radius 1 is 1.29 bits per heavy atom. The van der Waals surface area contributed by atoms with E-state index in [0.29, 0.717) is 11.3 Å². The first-order valence-corrected chi connectivity index (χ1v) is 7.56. The Balaban J connectivity index is 1.95. The van der Waals surface area contributed by atoms with Crippen molar-refractivity contribution >= 4 is 10.9 Å². The molecule has 24 heavy (non-hydrogen) atoms. The zero-order valence-corrected chi connectivity index (χ0v) is 13.4. The van der Waals surface area contributed by atoms with Crippen molar-refractivity contribution in [1.29, 1.82) is 5.26 Å². The van der Waals surface area contributed by atoms with Crippen molar-refractivity contribution in [3.05, 3.63) is 65.8 Å². The summed E-state index contributed by atoms with van der Waals surface area (Å²) in [5.41, 5.74) is 3.50. The fourth-order valence-corrected chi connectivity index (χ4v) is 3.21. The van der Waals surface area contributed by atoms with E-state index in [-0.39, 0.29) is 5.92 Å². The lowest BCUT2D eigenvalue weighted by Crippen LogP contribution is -2.12. The summed E-state index contributed by atoms with van der Waals surface area (Å²) in [6, 6.07) is 10.3. The topological polar surface area (TPSA) is 60.1 Å². The number of rotatable bonds is 2. The molecule has 0 spiro atoms. The van der Waals surface area contributed by atoms with Gasteiger partial charge in [0.05, 0.1) is 36.4 Å². The maximum absolute atomic E-state index is 9.54. The lowest BCUT2D eigenvalue weighted by Gasteiger charge is -2.24. The molecule has 2 aromatic heterocycles. The molecule has 0 bridgehead atoms. The van der Waals surface area contributed by atoms with Crippen molar-refractivity contribution in [2.24, 2.45) is 7.05 Å². The van der Waals surface area contributed by atoms with Crippen LogP contribution in [0.5, 0.6) is 11.5 Å². The first-order valence-electron chi connectivity index (χ1n) is 7.56. The lowest BCUT2D eigenvalue weighted by molar-refractivity contribution is 0.411. The van der Waals surface area contributed by atoms with E-state index in [1.807, 2.05) is 36.0 Å². The van der Waals surface area contributed by atoms with Crippen LogP contribution in [0.15, 0.2) is 54.7 Å². The van der Waals surface area contributed by atoms with E-state index >= 15 is 0 Å². The molecule has 118 valence electrons. The zero-order chi connectivity index (χ0) is 16.7. The Morgan fingerprint density at radius 3 is 2.96 bits per heavy atom.